The first-order chi connectivity index (χ1) is 17.0. The van der Waals surface area contributed by atoms with Crippen LogP contribution in [0.25, 0.3) is 11.3 Å². The van der Waals surface area contributed by atoms with Crippen molar-refractivity contribution in [1.82, 2.24) is 9.88 Å². The van der Waals surface area contributed by atoms with Crippen molar-refractivity contribution in [2.75, 3.05) is 30.4 Å². The molecule has 6 nitrogen and oxygen atoms in total. The molecule has 2 amide bonds. The molecule has 0 bridgehead atoms. The Balaban J connectivity index is 1.23. The van der Waals surface area contributed by atoms with E-state index in [9.17, 15) is 9.59 Å². The predicted octanol–water partition coefficient (Wildman–Crippen LogP) is 5.52. The van der Waals surface area contributed by atoms with Crippen LogP contribution >= 0.6 is 11.3 Å². The van der Waals surface area contributed by atoms with Crippen molar-refractivity contribution in [2.24, 2.45) is 0 Å². The number of hydrogen-bond donors (Lipinski definition) is 1. The molecule has 1 aliphatic carbocycles. The van der Waals surface area contributed by atoms with E-state index in [1.807, 2.05) is 60.6 Å². The molecule has 2 aliphatic rings. The van der Waals surface area contributed by atoms with Gasteiger partial charge in [-0.3, -0.25) is 14.5 Å². The Labute approximate surface area is 211 Å². The molecule has 1 N–H and O–H groups in total. The summed E-state index contributed by atoms with van der Waals surface area (Å²) in [7, 11) is 2.04. The Hall–Kier alpha value is -3.03. The van der Waals surface area contributed by atoms with Crippen LogP contribution in [-0.4, -0.2) is 47.9 Å². The quantitative estimate of drug-likeness (QED) is 0.496. The Morgan fingerprint density at radius 1 is 1.11 bits per heavy atom. The summed E-state index contributed by atoms with van der Waals surface area (Å²) in [5.41, 5.74) is 5.82. The fourth-order valence-corrected chi connectivity index (χ4v) is 5.86. The van der Waals surface area contributed by atoms with Crippen molar-refractivity contribution >= 4 is 34.0 Å². The summed E-state index contributed by atoms with van der Waals surface area (Å²) in [5.74, 6) is 0.0199. The van der Waals surface area contributed by atoms with Crippen molar-refractivity contribution in [1.29, 1.82) is 0 Å². The van der Waals surface area contributed by atoms with Crippen molar-refractivity contribution in [2.45, 2.75) is 51.5 Å². The average Bonchev–Trinajstić information content (AvgIpc) is 3.51. The predicted molar refractivity (Wildman–Crippen MR) is 142 cm³/mol. The minimum atomic E-state index is -0.0156. The molecule has 1 aromatic heterocycles. The normalized spacial score (nSPS) is 15.9. The van der Waals surface area contributed by atoms with E-state index in [1.54, 1.807) is 0 Å². The molecule has 7 heteroatoms. The molecule has 0 spiro atoms. The highest BCUT2D eigenvalue weighted by molar-refractivity contribution is 7.14. The van der Waals surface area contributed by atoms with Crippen molar-refractivity contribution in [3.63, 3.8) is 0 Å². The Morgan fingerprint density at radius 3 is 2.66 bits per heavy atom. The summed E-state index contributed by atoms with van der Waals surface area (Å²) < 4.78 is 0. The van der Waals surface area contributed by atoms with Gasteiger partial charge in [-0.2, -0.15) is 0 Å². The molecule has 182 valence electrons. The monoisotopic (exact) mass is 488 g/mol. The second-order valence-corrected chi connectivity index (χ2v) is 10.6. The SMILES string of the molecule is Cc1ccc(C(=O)N2CCc3cc(-c4csc(NC(=O)CN(C)C5CCCCC5)n4)ccc32)cc1. The maximum atomic E-state index is 13.0. The van der Waals surface area contributed by atoms with Crippen LogP contribution < -0.4 is 10.2 Å². The molecule has 2 heterocycles. The molecule has 0 atom stereocenters. The number of aromatic nitrogens is 1. The third-order valence-electron chi connectivity index (χ3n) is 7.16. The average molecular weight is 489 g/mol. The number of aryl methyl sites for hydroxylation is 1. The minimum absolute atomic E-state index is 0.0156. The lowest BCUT2D eigenvalue weighted by Gasteiger charge is -2.30. The number of benzene rings is 2. The number of fused-ring (bicyclic) bond motifs is 1. The molecular weight excluding hydrogens is 456 g/mol. The first-order valence-corrected chi connectivity index (χ1v) is 13.3. The third-order valence-corrected chi connectivity index (χ3v) is 7.91. The fraction of sp³-hybridized carbons (Fsp3) is 0.393. The molecule has 2 aromatic carbocycles. The van der Waals surface area contributed by atoms with E-state index >= 15 is 0 Å². The lowest BCUT2D eigenvalue weighted by Crippen LogP contribution is -2.39. The zero-order valence-corrected chi connectivity index (χ0v) is 21.2. The van der Waals surface area contributed by atoms with E-state index in [1.165, 1.54) is 43.4 Å². The summed E-state index contributed by atoms with van der Waals surface area (Å²) >= 11 is 1.45. The van der Waals surface area contributed by atoms with Gasteiger partial charge in [-0.25, -0.2) is 4.98 Å². The number of nitrogens with one attached hydrogen (secondary N) is 1. The number of rotatable bonds is 6. The summed E-state index contributed by atoms with van der Waals surface area (Å²) in [5, 5.41) is 5.57. The van der Waals surface area contributed by atoms with Crippen LogP contribution in [0.15, 0.2) is 47.8 Å². The van der Waals surface area contributed by atoms with E-state index in [-0.39, 0.29) is 11.8 Å². The Morgan fingerprint density at radius 2 is 1.89 bits per heavy atom. The van der Waals surface area contributed by atoms with Crippen LogP contribution in [0.4, 0.5) is 10.8 Å². The van der Waals surface area contributed by atoms with E-state index in [0.29, 0.717) is 29.8 Å². The van der Waals surface area contributed by atoms with Gasteiger partial charge in [0.2, 0.25) is 5.91 Å². The summed E-state index contributed by atoms with van der Waals surface area (Å²) in [6.07, 6.45) is 7.00. The van der Waals surface area contributed by atoms with Gasteiger partial charge in [0.15, 0.2) is 5.13 Å². The van der Waals surface area contributed by atoms with Crippen molar-refractivity contribution in [3.05, 3.63) is 64.5 Å². The van der Waals surface area contributed by atoms with Crippen LogP contribution in [0.3, 0.4) is 0 Å². The second-order valence-electron chi connectivity index (χ2n) is 9.71. The molecule has 0 saturated heterocycles. The van der Waals surface area contributed by atoms with Gasteiger partial charge >= 0.3 is 0 Å². The largest absolute Gasteiger partial charge is 0.308 e. The van der Waals surface area contributed by atoms with Gasteiger partial charge < -0.3 is 10.2 Å². The number of carbonyl (C=O) groups excluding carboxylic acids is 2. The number of likely N-dealkylation sites (N-methyl/N-ethyl adjacent to an activating group) is 1. The van der Waals surface area contributed by atoms with Crippen molar-refractivity contribution < 1.29 is 9.59 Å². The molecule has 1 fully saturated rings. The van der Waals surface area contributed by atoms with Crippen molar-refractivity contribution in [3.8, 4) is 11.3 Å². The zero-order valence-electron chi connectivity index (χ0n) is 20.4. The van der Waals surface area contributed by atoms with Crippen LogP contribution in [0.1, 0.15) is 53.6 Å². The summed E-state index contributed by atoms with van der Waals surface area (Å²) in [4.78, 5) is 34.3. The Kier molecular flexibility index (Phi) is 6.97. The fourth-order valence-electron chi connectivity index (χ4n) is 5.12. The van der Waals surface area contributed by atoms with Gasteiger partial charge in [0, 0.05) is 34.8 Å². The highest BCUT2D eigenvalue weighted by Crippen LogP contribution is 2.34. The highest BCUT2D eigenvalue weighted by atomic mass is 32.1. The van der Waals surface area contributed by atoms with Crippen LogP contribution in [-0.2, 0) is 11.2 Å². The number of thiazole rings is 1. The number of carbonyl (C=O) groups is 2. The number of hydrogen-bond acceptors (Lipinski definition) is 5. The number of anilines is 2. The molecule has 5 rings (SSSR count). The molecule has 1 aliphatic heterocycles. The van der Waals surface area contributed by atoms with Gasteiger partial charge in [0.05, 0.1) is 12.2 Å². The van der Waals surface area contributed by atoms with Gasteiger partial charge in [-0.05, 0) is 63.1 Å². The maximum Gasteiger partial charge on any atom is 0.258 e. The Bertz CT molecular complexity index is 1210. The van der Waals surface area contributed by atoms with E-state index < -0.39 is 0 Å². The van der Waals surface area contributed by atoms with Gasteiger partial charge in [-0.1, -0.05) is 43.0 Å². The molecule has 1 saturated carbocycles. The first kappa shape index (κ1) is 23.7. The second kappa shape index (κ2) is 10.3. The smallest absolute Gasteiger partial charge is 0.258 e. The minimum Gasteiger partial charge on any atom is -0.308 e. The van der Waals surface area contributed by atoms with Gasteiger partial charge in [0.1, 0.15) is 0 Å². The number of amides is 2. The van der Waals surface area contributed by atoms with Crippen LogP contribution in [0.5, 0.6) is 0 Å². The van der Waals surface area contributed by atoms with E-state index in [0.717, 1.165) is 34.5 Å². The summed E-state index contributed by atoms with van der Waals surface area (Å²) in [6.45, 7) is 3.09. The third kappa shape index (κ3) is 5.31. The maximum absolute atomic E-state index is 13.0. The lowest BCUT2D eigenvalue weighted by atomic mass is 9.94. The zero-order chi connectivity index (χ0) is 24.4. The van der Waals surface area contributed by atoms with Crippen LogP contribution in [0.2, 0.25) is 0 Å². The molecule has 35 heavy (non-hydrogen) atoms. The molecule has 3 aromatic rings. The summed E-state index contributed by atoms with van der Waals surface area (Å²) in [6, 6.07) is 14.4. The van der Waals surface area contributed by atoms with Gasteiger partial charge in [-0.15, -0.1) is 11.3 Å². The van der Waals surface area contributed by atoms with E-state index in [2.05, 4.69) is 21.3 Å². The topological polar surface area (TPSA) is 65.5 Å². The lowest BCUT2D eigenvalue weighted by molar-refractivity contribution is -0.117. The van der Waals surface area contributed by atoms with Gasteiger partial charge in [0.25, 0.3) is 5.91 Å². The first-order valence-electron chi connectivity index (χ1n) is 12.5. The standard InChI is InChI=1S/C28H32N4O2S/c1-19-8-10-20(11-9-19)27(34)32-15-14-22-16-21(12-13-25(22)32)24-18-35-28(29-24)30-26(33)17-31(2)23-6-4-3-5-7-23/h8-13,16,18,23H,3-7,14-15,17H2,1-2H3,(H,29,30,33). The highest BCUT2D eigenvalue weighted by Gasteiger charge is 2.26. The molecule has 0 unspecified atom stereocenters. The van der Waals surface area contributed by atoms with E-state index in [4.69, 9.17) is 0 Å². The van der Waals surface area contributed by atoms with Crippen LogP contribution in [0, 0.1) is 6.92 Å². The number of nitrogens with zero attached hydrogens (tertiary/aromatic N) is 3. The molecule has 0 radical (unpaired) electrons. The molecular formula is C28H32N4O2S.